The van der Waals surface area contributed by atoms with E-state index in [0.29, 0.717) is 5.56 Å². The van der Waals surface area contributed by atoms with Crippen molar-refractivity contribution in [3.05, 3.63) is 48.5 Å². The van der Waals surface area contributed by atoms with Gasteiger partial charge in [-0.3, -0.25) is 4.79 Å². The molecule has 0 atom stereocenters. The molecule has 0 fully saturated rings. The van der Waals surface area contributed by atoms with Crippen LogP contribution in [0.4, 0.5) is 0 Å². The number of carbonyl (C=O) groups excluding carboxylic acids is 1. The molecule has 3 heteroatoms. The SMILES string of the molecule is [2H]C([2H])([2H])C(=O)Oc1cccc(-c2ccccc2)c1O. The highest BCUT2D eigenvalue weighted by atomic mass is 16.5. The van der Waals surface area contributed by atoms with E-state index in [-0.39, 0.29) is 11.5 Å². The molecule has 0 aromatic heterocycles. The topological polar surface area (TPSA) is 46.5 Å². The maximum atomic E-state index is 11.3. The summed E-state index contributed by atoms with van der Waals surface area (Å²) in [5, 5.41) is 10.1. The Balaban J connectivity index is 2.36. The van der Waals surface area contributed by atoms with Crippen LogP contribution in [0, 0.1) is 0 Å². The molecular weight excluding hydrogens is 216 g/mol. The van der Waals surface area contributed by atoms with E-state index >= 15 is 0 Å². The molecule has 86 valence electrons. The first-order valence-corrected chi connectivity index (χ1v) is 4.99. The van der Waals surface area contributed by atoms with Crippen LogP contribution in [0.2, 0.25) is 0 Å². The van der Waals surface area contributed by atoms with Crippen LogP contribution in [0.25, 0.3) is 11.1 Å². The molecule has 2 aromatic rings. The van der Waals surface area contributed by atoms with E-state index in [2.05, 4.69) is 0 Å². The van der Waals surface area contributed by atoms with Gasteiger partial charge in [0.15, 0.2) is 11.5 Å². The lowest BCUT2D eigenvalue weighted by Gasteiger charge is -2.09. The fourth-order valence-corrected chi connectivity index (χ4v) is 1.56. The summed E-state index contributed by atoms with van der Waals surface area (Å²) < 4.78 is 25.6. The number of aromatic hydroxyl groups is 1. The lowest BCUT2D eigenvalue weighted by atomic mass is 10.0. The van der Waals surface area contributed by atoms with E-state index in [4.69, 9.17) is 8.85 Å². The molecule has 0 aliphatic heterocycles. The third-order valence-corrected chi connectivity index (χ3v) is 2.29. The fraction of sp³-hybridized carbons (Fsp3) is 0.0714. The zero-order valence-electron chi connectivity index (χ0n) is 11.9. The van der Waals surface area contributed by atoms with Crippen LogP contribution in [-0.4, -0.2) is 11.1 Å². The van der Waals surface area contributed by atoms with Crippen molar-refractivity contribution in [2.24, 2.45) is 0 Å². The number of rotatable bonds is 2. The molecular formula is C14H12O3. The van der Waals surface area contributed by atoms with E-state index in [1.165, 1.54) is 6.07 Å². The molecule has 0 saturated heterocycles. The van der Waals surface area contributed by atoms with Gasteiger partial charge in [0, 0.05) is 16.5 Å². The van der Waals surface area contributed by atoms with Crippen LogP contribution >= 0.6 is 0 Å². The van der Waals surface area contributed by atoms with Gasteiger partial charge in [-0.05, 0) is 11.6 Å². The van der Waals surface area contributed by atoms with E-state index < -0.39 is 12.8 Å². The molecule has 17 heavy (non-hydrogen) atoms. The maximum Gasteiger partial charge on any atom is 0.308 e. The van der Waals surface area contributed by atoms with E-state index in [1.54, 1.807) is 36.4 Å². The van der Waals surface area contributed by atoms with Crippen LogP contribution in [-0.2, 0) is 4.79 Å². The highest BCUT2D eigenvalue weighted by Gasteiger charge is 2.10. The molecule has 0 radical (unpaired) electrons. The Labute approximate surface area is 104 Å². The summed E-state index contributed by atoms with van der Waals surface area (Å²) >= 11 is 0. The van der Waals surface area contributed by atoms with Crippen molar-refractivity contribution in [2.75, 3.05) is 0 Å². The first-order valence-electron chi connectivity index (χ1n) is 6.49. The van der Waals surface area contributed by atoms with Gasteiger partial charge in [0.05, 0.1) is 0 Å². The molecule has 0 unspecified atom stereocenters. The van der Waals surface area contributed by atoms with Gasteiger partial charge in [-0.1, -0.05) is 42.5 Å². The van der Waals surface area contributed by atoms with Gasteiger partial charge in [0.2, 0.25) is 0 Å². The summed E-state index contributed by atoms with van der Waals surface area (Å²) in [5.41, 5.74) is 1.19. The first kappa shape index (κ1) is 7.90. The van der Waals surface area contributed by atoms with Crippen molar-refractivity contribution in [1.82, 2.24) is 0 Å². The molecule has 0 saturated carbocycles. The lowest BCUT2D eigenvalue weighted by molar-refractivity contribution is -0.132. The van der Waals surface area contributed by atoms with Gasteiger partial charge in [-0.15, -0.1) is 0 Å². The number of phenolic OH excluding ortho intramolecular Hbond substituents is 1. The molecule has 0 spiro atoms. The highest BCUT2D eigenvalue weighted by Crippen LogP contribution is 2.36. The fourth-order valence-electron chi connectivity index (χ4n) is 1.56. The highest BCUT2D eigenvalue weighted by molar-refractivity contribution is 5.76. The van der Waals surface area contributed by atoms with Gasteiger partial charge >= 0.3 is 5.97 Å². The molecule has 0 bridgehead atoms. The molecule has 3 nitrogen and oxygen atoms in total. The maximum absolute atomic E-state index is 11.3. The molecule has 2 aromatic carbocycles. The number of carbonyl (C=O) groups is 1. The minimum atomic E-state index is -2.87. The van der Waals surface area contributed by atoms with Crippen molar-refractivity contribution in [3.8, 4) is 22.6 Å². The smallest absolute Gasteiger partial charge is 0.308 e. The van der Waals surface area contributed by atoms with Gasteiger partial charge < -0.3 is 9.84 Å². The van der Waals surface area contributed by atoms with Crippen LogP contribution in [0.1, 0.15) is 11.0 Å². The minimum absolute atomic E-state index is 0.174. The molecule has 0 amide bonds. The van der Waals surface area contributed by atoms with Crippen molar-refractivity contribution in [1.29, 1.82) is 0 Å². The third-order valence-electron chi connectivity index (χ3n) is 2.29. The predicted octanol–water partition coefficient (Wildman–Crippen LogP) is 2.98. The number of benzene rings is 2. The number of para-hydroxylation sites is 1. The van der Waals surface area contributed by atoms with Gasteiger partial charge in [0.25, 0.3) is 0 Å². The van der Waals surface area contributed by atoms with Crippen molar-refractivity contribution < 1.29 is 18.8 Å². The monoisotopic (exact) mass is 231 g/mol. The summed E-state index contributed by atoms with van der Waals surface area (Å²) in [6, 6.07) is 13.6. The quantitative estimate of drug-likeness (QED) is 0.638. The predicted molar refractivity (Wildman–Crippen MR) is 64.9 cm³/mol. The summed E-state index contributed by atoms with van der Waals surface area (Å²) in [5.74, 6) is -1.82. The Kier molecular flexibility index (Phi) is 2.18. The third kappa shape index (κ3) is 2.45. The summed E-state index contributed by atoms with van der Waals surface area (Å²) in [7, 11) is 0. The summed E-state index contributed by atoms with van der Waals surface area (Å²) in [6.07, 6.45) is 0. The Bertz CT molecular complexity index is 621. The Hall–Kier alpha value is -2.29. The Morgan fingerprint density at radius 3 is 2.65 bits per heavy atom. The number of esters is 1. The second-order valence-electron chi connectivity index (χ2n) is 3.41. The van der Waals surface area contributed by atoms with Crippen LogP contribution in [0.15, 0.2) is 48.5 Å². The van der Waals surface area contributed by atoms with Crippen molar-refractivity contribution >= 4 is 5.97 Å². The Morgan fingerprint density at radius 1 is 1.18 bits per heavy atom. The number of ether oxygens (including phenoxy) is 1. The number of phenols is 1. The van der Waals surface area contributed by atoms with Gasteiger partial charge in [-0.25, -0.2) is 0 Å². The van der Waals surface area contributed by atoms with Crippen LogP contribution < -0.4 is 4.74 Å². The largest absolute Gasteiger partial charge is 0.504 e. The van der Waals surface area contributed by atoms with Gasteiger partial charge in [0.1, 0.15) is 0 Å². The molecule has 0 heterocycles. The van der Waals surface area contributed by atoms with E-state index in [0.717, 1.165) is 5.56 Å². The van der Waals surface area contributed by atoms with E-state index in [1.807, 2.05) is 6.07 Å². The summed E-state index contributed by atoms with van der Waals surface area (Å²) in [4.78, 5) is 11.3. The van der Waals surface area contributed by atoms with Gasteiger partial charge in [-0.2, -0.15) is 0 Å². The second-order valence-corrected chi connectivity index (χ2v) is 3.41. The molecule has 2 rings (SSSR count). The second kappa shape index (κ2) is 4.70. The normalized spacial score (nSPS) is 13.3. The Morgan fingerprint density at radius 2 is 1.94 bits per heavy atom. The minimum Gasteiger partial charge on any atom is -0.504 e. The first-order chi connectivity index (χ1) is 9.39. The lowest BCUT2D eigenvalue weighted by Crippen LogP contribution is -2.01. The number of hydrogen-bond acceptors (Lipinski definition) is 3. The zero-order valence-corrected chi connectivity index (χ0v) is 8.88. The average molecular weight is 231 g/mol. The number of hydrogen-bond donors (Lipinski definition) is 1. The van der Waals surface area contributed by atoms with Crippen molar-refractivity contribution in [2.45, 2.75) is 6.85 Å². The van der Waals surface area contributed by atoms with Crippen LogP contribution in [0.5, 0.6) is 11.5 Å². The standard InChI is InChI=1S/C14H12O3/c1-10(15)17-13-9-5-8-12(14(13)16)11-6-3-2-4-7-11/h2-9,16H,1H3/i1D3. The van der Waals surface area contributed by atoms with E-state index in [9.17, 15) is 9.90 Å². The molecule has 1 N–H and O–H groups in total. The summed E-state index contributed by atoms with van der Waals surface area (Å²) in [6.45, 7) is -2.87. The molecule has 0 aliphatic rings. The molecule has 0 aliphatic carbocycles. The zero-order chi connectivity index (χ0) is 14.8. The average Bonchev–Trinajstić information content (AvgIpc) is 2.41. The van der Waals surface area contributed by atoms with Crippen LogP contribution in [0.3, 0.4) is 0 Å². The van der Waals surface area contributed by atoms with Crippen molar-refractivity contribution in [3.63, 3.8) is 0 Å².